The topological polar surface area (TPSA) is 64.6 Å². The molecule has 2 rings (SSSR count). The Balaban J connectivity index is 1.91. The average Bonchev–Trinajstić information content (AvgIpc) is 2.61. The van der Waals surface area contributed by atoms with Gasteiger partial charge in [0, 0.05) is 5.69 Å². The van der Waals surface area contributed by atoms with Gasteiger partial charge in [-0.2, -0.15) is 0 Å². The maximum Gasteiger partial charge on any atom is 0.338 e. The van der Waals surface area contributed by atoms with Gasteiger partial charge in [-0.3, -0.25) is 4.79 Å². The van der Waals surface area contributed by atoms with Crippen LogP contribution in [-0.2, 0) is 9.53 Å². The first-order valence-electron chi connectivity index (χ1n) is 8.26. The Bertz CT molecular complexity index is 755. The standard InChI is InChI=1S/C20H23NO4/c1-4-10-24-20(23)16-6-5-7-17(12-16)21-19(22)13-25-18-9-8-14(2)15(3)11-18/h5-9,11-12H,4,10,13H2,1-3H3,(H,21,22). The molecule has 0 radical (unpaired) electrons. The summed E-state index contributed by atoms with van der Waals surface area (Å²) in [5, 5.41) is 2.72. The highest BCUT2D eigenvalue weighted by molar-refractivity contribution is 5.95. The van der Waals surface area contributed by atoms with Gasteiger partial charge in [0.15, 0.2) is 6.61 Å². The SMILES string of the molecule is CCCOC(=O)c1cccc(NC(=O)COc2ccc(C)c(C)c2)c1. The van der Waals surface area contributed by atoms with Gasteiger partial charge in [-0.1, -0.05) is 19.1 Å². The minimum atomic E-state index is -0.399. The Hall–Kier alpha value is -2.82. The molecule has 0 bridgehead atoms. The Morgan fingerprint density at radius 3 is 2.56 bits per heavy atom. The van der Waals surface area contributed by atoms with Crippen molar-refractivity contribution in [2.75, 3.05) is 18.5 Å². The molecule has 2 aromatic carbocycles. The number of nitrogens with one attached hydrogen (secondary N) is 1. The van der Waals surface area contributed by atoms with Crippen LogP contribution in [0.15, 0.2) is 42.5 Å². The molecule has 1 N–H and O–H groups in total. The number of carbonyl (C=O) groups is 2. The van der Waals surface area contributed by atoms with Crippen molar-refractivity contribution in [3.05, 3.63) is 59.2 Å². The zero-order valence-electron chi connectivity index (χ0n) is 14.8. The van der Waals surface area contributed by atoms with E-state index in [0.29, 0.717) is 23.6 Å². The summed E-state index contributed by atoms with van der Waals surface area (Å²) in [4.78, 5) is 23.9. The van der Waals surface area contributed by atoms with E-state index in [9.17, 15) is 9.59 Å². The highest BCUT2D eigenvalue weighted by atomic mass is 16.5. The van der Waals surface area contributed by atoms with Crippen molar-refractivity contribution in [1.82, 2.24) is 0 Å². The van der Waals surface area contributed by atoms with Crippen LogP contribution in [0.4, 0.5) is 5.69 Å². The quantitative estimate of drug-likeness (QED) is 0.776. The van der Waals surface area contributed by atoms with Crippen LogP contribution in [0.3, 0.4) is 0 Å². The Morgan fingerprint density at radius 2 is 1.84 bits per heavy atom. The molecule has 0 unspecified atom stereocenters. The van der Waals surface area contributed by atoms with Gasteiger partial charge in [-0.15, -0.1) is 0 Å². The van der Waals surface area contributed by atoms with Gasteiger partial charge in [0.05, 0.1) is 12.2 Å². The van der Waals surface area contributed by atoms with Gasteiger partial charge in [0.2, 0.25) is 0 Å². The minimum absolute atomic E-state index is 0.104. The number of ether oxygens (including phenoxy) is 2. The number of carbonyl (C=O) groups excluding carboxylic acids is 2. The van der Waals surface area contributed by atoms with Crippen LogP contribution in [0.25, 0.3) is 0 Å². The first-order valence-corrected chi connectivity index (χ1v) is 8.26. The van der Waals surface area contributed by atoms with Gasteiger partial charge < -0.3 is 14.8 Å². The lowest BCUT2D eigenvalue weighted by atomic mass is 10.1. The van der Waals surface area contributed by atoms with Crippen LogP contribution in [0.1, 0.15) is 34.8 Å². The zero-order valence-corrected chi connectivity index (χ0v) is 14.8. The van der Waals surface area contributed by atoms with Crippen LogP contribution in [0.5, 0.6) is 5.75 Å². The molecule has 0 spiro atoms. The Kier molecular flexibility index (Phi) is 6.57. The molecule has 5 nitrogen and oxygen atoms in total. The predicted octanol–water partition coefficient (Wildman–Crippen LogP) is 3.89. The van der Waals surface area contributed by atoms with Crippen molar-refractivity contribution < 1.29 is 19.1 Å². The molecule has 1 amide bonds. The maximum atomic E-state index is 12.0. The van der Waals surface area contributed by atoms with E-state index in [-0.39, 0.29) is 12.5 Å². The van der Waals surface area contributed by atoms with Crippen LogP contribution in [-0.4, -0.2) is 25.1 Å². The largest absolute Gasteiger partial charge is 0.484 e. The molecule has 132 valence electrons. The van der Waals surface area contributed by atoms with E-state index in [1.807, 2.05) is 39.0 Å². The third kappa shape index (κ3) is 5.64. The molecule has 0 aliphatic carbocycles. The first kappa shape index (κ1) is 18.5. The molecule has 0 saturated heterocycles. The summed E-state index contributed by atoms with van der Waals surface area (Å²) in [5.41, 5.74) is 3.21. The second-order valence-corrected chi connectivity index (χ2v) is 5.80. The summed E-state index contributed by atoms with van der Waals surface area (Å²) < 4.78 is 10.6. The van der Waals surface area contributed by atoms with E-state index in [1.54, 1.807) is 24.3 Å². The number of aryl methyl sites for hydroxylation is 2. The van der Waals surface area contributed by atoms with E-state index >= 15 is 0 Å². The second kappa shape index (κ2) is 8.87. The van der Waals surface area contributed by atoms with Crippen molar-refractivity contribution in [3.8, 4) is 5.75 Å². The van der Waals surface area contributed by atoms with E-state index in [0.717, 1.165) is 12.0 Å². The van der Waals surface area contributed by atoms with Gasteiger partial charge >= 0.3 is 5.97 Å². The minimum Gasteiger partial charge on any atom is -0.484 e. The molecule has 0 heterocycles. The van der Waals surface area contributed by atoms with Gasteiger partial charge in [-0.25, -0.2) is 4.79 Å². The lowest BCUT2D eigenvalue weighted by molar-refractivity contribution is -0.118. The normalized spacial score (nSPS) is 10.2. The number of hydrogen-bond donors (Lipinski definition) is 1. The molecule has 0 fully saturated rings. The number of amides is 1. The summed E-state index contributed by atoms with van der Waals surface area (Å²) in [6.07, 6.45) is 0.762. The number of esters is 1. The molecule has 5 heteroatoms. The summed E-state index contributed by atoms with van der Waals surface area (Å²) >= 11 is 0. The molecular formula is C20H23NO4. The molecule has 0 aliphatic heterocycles. The molecule has 0 aromatic heterocycles. The first-order chi connectivity index (χ1) is 12.0. The summed E-state index contributed by atoms with van der Waals surface area (Å²) in [6, 6.07) is 12.3. The van der Waals surface area contributed by atoms with Gasteiger partial charge in [0.25, 0.3) is 5.91 Å². The van der Waals surface area contributed by atoms with Crippen LogP contribution < -0.4 is 10.1 Å². The van der Waals surface area contributed by atoms with E-state index in [4.69, 9.17) is 9.47 Å². The third-order valence-electron chi connectivity index (χ3n) is 3.67. The van der Waals surface area contributed by atoms with E-state index < -0.39 is 5.97 Å². The maximum absolute atomic E-state index is 12.0. The smallest absolute Gasteiger partial charge is 0.338 e. The molecular weight excluding hydrogens is 318 g/mol. The molecule has 0 saturated carbocycles. The van der Waals surface area contributed by atoms with Crippen LogP contribution >= 0.6 is 0 Å². The Morgan fingerprint density at radius 1 is 1.04 bits per heavy atom. The predicted molar refractivity (Wildman–Crippen MR) is 97.1 cm³/mol. The number of anilines is 1. The van der Waals surface area contributed by atoms with Crippen molar-refractivity contribution in [2.24, 2.45) is 0 Å². The average molecular weight is 341 g/mol. The van der Waals surface area contributed by atoms with E-state index in [1.165, 1.54) is 5.56 Å². The number of rotatable bonds is 7. The summed E-state index contributed by atoms with van der Waals surface area (Å²) in [6.45, 7) is 6.21. The summed E-state index contributed by atoms with van der Waals surface area (Å²) in [7, 11) is 0. The van der Waals surface area contributed by atoms with Crippen LogP contribution in [0.2, 0.25) is 0 Å². The third-order valence-corrected chi connectivity index (χ3v) is 3.67. The van der Waals surface area contributed by atoms with Crippen molar-refractivity contribution in [2.45, 2.75) is 27.2 Å². The van der Waals surface area contributed by atoms with Crippen molar-refractivity contribution >= 4 is 17.6 Å². The zero-order chi connectivity index (χ0) is 18.2. The molecule has 25 heavy (non-hydrogen) atoms. The lowest BCUT2D eigenvalue weighted by Gasteiger charge is -2.10. The van der Waals surface area contributed by atoms with Gasteiger partial charge in [0.1, 0.15) is 5.75 Å². The monoisotopic (exact) mass is 341 g/mol. The molecule has 0 atom stereocenters. The number of hydrogen-bond acceptors (Lipinski definition) is 4. The van der Waals surface area contributed by atoms with E-state index in [2.05, 4.69) is 5.32 Å². The second-order valence-electron chi connectivity index (χ2n) is 5.80. The van der Waals surface area contributed by atoms with Gasteiger partial charge in [-0.05, 0) is 61.7 Å². The molecule has 0 aliphatic rings. The van der Waals surface area contributed by atoms with Crippen molar-refractivity contribution in [1.29, 1.82) is 0 Å². The van der Waals surface area contributed by atoms with Crippen molar-refractivity contribution in [3.63, 3.8) is 0 Å². The Labute approximate surface area is 148 Å². The molecule has 2 aromatic rings. The van der Waals surface area contributed by atoms with Crippen LogP contribution in [0, 0.1) is 13.8 Å². The lowest BCUT2D eigenvalue weighted by Crippen LogP contribution is -2.20. The number of benzene rings is 2. The highest BCUT2D eigenvalue weighted by Crippen LogP contribution is 2.17. The summed E-state index contributed by atoms with van der Waals surface area (Å²) in [5.74, 6) is -0.0447. The fourth-order valence-electron chi connectivity index (χ4n) is 2.15. The fraction of sp³-hybridized carbons (Fsp3) is 0.300. The fourth-order valence-corrected chi connectivity index (χ4v) is 2.15. The highest BCUT2D eigenvalue weighted by Gasteiger charge is 2.09.